The maximum Gasteiger partial charge on any atom is 0.329 e. The fourth-order valence-corrected chi connectivity index (χ4v) is 3.81. The second-order valence-corrected chi connectivity index (χ2v) is 7.43. The van der Waals surface area contributed by atoms with Crippen LogP contribution in [-0.4, -0.2) is 53.0 Å². The molecule has 2 N–H and O–H groups in total. The number of urea groups is 1. The monoisotopic (exact) mass is 400 g/mol. The smallest absolute Gasteiger partial charge is 0.329 e. The van der Waals surface area contributed by atoms with Crippen LogP contribution in [0.15, 0.2) is 36.5 Å². The van der Waals surface area contributed by atoms with Crippen molar-refractivity contribution in [3.05, 3.63) is 42.2 Å². The lowest BCUT2D eigenvalue weighted by Crippen LogP contribution is -2.48. The van der Waals surface area contributed by atoms with E-state index in [1.807, 2.05) is 0 Å². The highest BCUT2D eigenvalue weighted by atomic mass is 19.3. The first-order valence-electron chi connectivity index (χ1n) is 9.38. The van der Waals surface area contributed by atoms with Gasteiger partial charge in [0, 0.05) is 25.7 Å². The number of carbonyl (C=O) groups excluding carboxylic acids is 2. The van der Waals surface area contributed by atoms with E-state index in [-0.39, 0.29) is 18.2 Å². The second kappa shape index (κ2) is 6.36. The number of carbonyl (C=O) groups is 2. The molecule has 10 heteroatoms. The molecule has 29 heavy (non-hydrogen) atoms. The van der Waals surface area contributed by atoms with Crippen LogP contribution in [0.4, 0.5) is 30.9 Å². The van der Waals surface area contributed by atoms with Gasteiger partial charge in [-0.15, -0.1) is 0 Å². The minimum absolute atomic E-state index is 0.00425. The summed E-state index contributed by atoms with van der Waals surface area (Å²) in [6.45, 7) is 1.44. The quantitative estimate of drug-likeness (QED) is 0.825. The number of nitrogens with one attached hydrogen (secondary N) is 2. The predicted octanol–water partition coefficient (Wildman–Crippen LogP) is 2.24. The van der Waals surface area contributed by atoms with Crippen molar-refractivity contribution in [1.29, 1.82) is 0 Å². The zero-order valence-electron chi connectivity index (χ0n) is 15.3. The third-order valence-corrected chi connectivity index (χ3v) is 5.43. The van der Waals surface area contributed by atoms with Gasteiger partial charge in [0.1, 0.15) is 11.5 Å². The molecule has 150 valence electrons. The molecule has 2 aromatic heterocycles. The van der Waals surface area contributed by atoms with Crippen LogP contribution in [0.25, 0.3) is 0 Å². The van der Waals surface area contributed by atoms with Gasteiger partial charge in [-0.1, -0.05) is 6.07 Å². The van der Waals surface area contributed by atoms with Gasteiger partial charge in [0.25, 0.3) is 11.8 Å². The van der Waals surface area contributed by atoms with Gasteiger partial charge in [-0.3, -0.25) is 15.0 Å². The topological polar surface area (TPSA) is 90.5 Å². The standard InChI is InChI=1S/C19H18F2N6O2/c20-19(21)9-14(19)24-17(28)12-4-5-13-16(23-12)27(11-6-8-26(13)10-11)18(29)25-15-3-1-2-7-22-15/h1-5,7,11,14H,6,8-10H2,(H,24,28)(H,22,25,29)/t11-,14?/m0/s1. The van der Waals surface area contributed by atoms with E-state index in [4.69, 9.17) is 0 Å². The molecule has 1 aliphatic carbocycles. The molecule has 1 saturated heterocycles. The molecule has 0 radical (unpaired) electrons. The van der Waals surface area contributed by atoms with E-state index in [9.17, 15) is 18.4 Å². The Kier molecular flexibility index (Phi) is 3.90. The highest BCUT2D eigenvalue weighted by molar-refractivity contribution is 6.05. The summed E-state index contributed by atoms with van der Waals surface area (Å²) >= 11 is 0. The Morgan fingerprint density at radius 1 is 1.21 bits per heavy atom. The molecule has 2 fully saturated rings. The SMILES string of the molecule is O=C(NC1CC1(F)F)c1ccc2c(n1)N(C(=O)Nc1ccccn1)[C@H]1CCN2C1. The second-order valence-electron chi connectivity index (χ2n) is 7.43. The minimum atomic E-state index is -2.86. The Morgan fingerprint density at radius 2 is 2.03 bits per heavy atom. The minimum Gasteiger partial charge on any atom is -0.366 e. The number of halogens is 2. The van der Waals surface area contributed by atoms with Crippen molar-refractivity contribution >= 4 is 29.3 Å². The molecule has 3 aliphatic rings. The van der Waals surface area contributed by atoms with Crippen LogP contribution in [0, 0.1) is 0 Å². The van der Waals surface area contributed by atoms with Crippen molar-refractivity contribution in [2.75, 3.05) is 28.2 Å². The van der Waals surface area contributed by atoms with Gasteiger partial charge in [-0.05, 0) is 30.7 Å². The lowest BCUT2D eigenvalue weighted by molar-refractivity contribution is 0.0845. The Balaban J connectivity index is 1.44. The first-order chi connectivity index (χ1) is 13.9. The van der Waals surface area contributed by atoms with Gasteiger partial charge in [0.05, 0.1) is 17.8 Å². The molecule has 4 heterocycles. The summed E-state index contributed by atoms with van der Waals surface area (Å²) in [6, 6.07) is 6.76. The van der Waals surface area contributed by atoms with Crippen molar-refractivity contribution in [3.8, 4) is 0 Å². The van der Waals surface area contributed by atoms with E-state index in [0.29, 0.717) is 18.2 Å². The fourth-order valence-electron chi connectivity index (χ4n) is 3.81. The van der Waals surface area contributed by atoms with Crippen molar-refractivity contribution in [2.24, 2.45) is 0 Å². The van der Waals surface area contributed by atoms with Gasteiger partial charge in [-0.25, -0.2) is 23.5 Å². The van der Waals surface area contributed by atoms with Gasteiger partial charge in [-0.2, -0.15) is 0 Å². The molecular weight excluding hydrogens is 382 g/mol. The molecule has 2 bridgehead atoms. The van der Waals surface area contributed by atoms with Gasteiger partial charge in [0.2, 0.25) is 0 Å². The molecule has 8 nitrogen and oxygen atoms in total. The normalized spacial score (nSPS) is 23.4. The van der Waals surface area contributed by atoms with Crippen molar-refractivity contribution in [2.45, 2.75) is 30.8 Å². The third kappa shape index (κ3) is 3.14. The number of anilines is 3. The van der Waals surface area contributed by atoms with E-state index in [1.165, 1.54) is 11.0 Å². The molecule has 3 amide bonds. The van der Waals surface area contributed by atoms with Crippen LogP contribution >= 0.6 is 0 Å². The molecule has 1 unspecified atom stereocenters. The maximum atomic E-state index is 13.1. The molecule has 2 aromatic rings. The van der Waals surface area contributed by atoms with Gasteiger partial charge in [0.15, 0.2) is 5.82 Å². The van der Waals surface area contributed by atoms with E-state index in [0.717, 1.165) is 18.7 Å². The number of rotatable bonds is 3. The zero-order valence-corrected chi connectivity index (χ0v) is 15.3. The highest BCUT2D eigenvalue weighted by Crippen LogP contribution is 2.42. The number of amides is 3. The average Bonchev–Trinajstić information content (AvgIpc) is 3.09. The van der Waals surface area contributed by atoms with E-state index in [2.05, 4.69) is 25.5 Å². The van der Waals surface area contributed by atoms with Gasteiger partial charge < -0.3 is 10.2 Å². The molecule has 1 saturated carbocycles. The Hall–Kier alpha value is -3.30. The van der Waals surface area contributed by atoms with E-state index >= 15 is 0 Å². The summed E-state index contributed by atoms with van der Waals surface area (Å²) in [6.07, 6.45) is 1.98. The average molecular weight is 400 g/mol. The number of fused-ring (bicyclic) bond motifs is 4. The summed E-state index contributed by atoms with van der Waals surface area (Å²) in [5.74, 6) is -2.77. The highest BCUT2D eigenvalue weighted by Gasteiger charge is 2.58. The molecular formula is C19H18F2N6O2. The summed E-state index contributed by atoms with van der Waals surface area (Å²) in [5.41, 5.74) is 0.743. The number of pyridine rings is 2. The Morgan fingerprint density at radius 3 is 2.76 bits per heavy atom. The number of hydrogen-bond acceptors (Lipinski definition) is 5. The molecule has 2 atom stereocenters. The van der Waals surface area contributed by atoms with Gasteiger partial charge >= 0.3 is 6.03 Å². The van der Waals surface area contributed by atoms with Crippen LogP contribution in [0.1, 0.15) is 23.3 Å². The summed E-state index contributed by atoms with van der Waals surface area (Å²) in [7, 11) is 0. The Labute approximate surface area is 164 Å². The summed E-state index contributed by atoms with van der Waals surface area (Å²) in [5, 5.41) is 5.05. The molecule has 0 spiro atoms. The zero-order chi connectivity index (χ0) is 20.2. The van der Waals surface area contributed by atoms with Crippen LogP contribution < -0.4 is 20.4 Å². The largest absolute Gasteiger partial charge is 0.366 e. The van der Waals surface area contributed by atoms with Crippen LogP contribution in [-0.2, 0) is 0 Å². The van der Waals surface area contributed by atoms with E-state index in [1.54, 1.807) is 30.5 Å². The number of alkyl halides is 2. The third-order valence-electron chi connectivity index (χ3n) is 5.43. The number of nitrogens with zero attached hydrogens (tertiary/aromatic N) is 4. The predicted molar refractivity (Wildman–Crippen MR) is 101 cm³/mol. The van der Waals surface area contributed by atoms with Crippen molar-refractivity contribution < 1.29 is 18.4 Å². The van der Waals surface area contributed by atoms with Crippen LogP contribution in [0.3, 0.4) is 0 Å². The van der Waals surface area contributed by atoms with Crippen LogP contribution in [0.5, 0.6) is 0 Å². The molecule has 0 aromatic carbocycles. The maximum absolute atomic E-state index is 13.1. The lowest BCUT2D eigenvalue weighted by atomic mass is 10.1. The van der Waals surface area contributed by atoms with Crippen molar-refractivity contribution in [1.82, 2.24) is 15.3 Å². The number of aromatic nitrogens is 2. The fraction of sp³-hybridized carbons (Fsp3) is 0.368. The van der Waals surface area contributed by atoms with E-state index < -0.39 is 23.9 Å². The van der Waals surface area contributed by atoms with Crippen LogP contribution in [0.2, 0.25) is 0 Å². The Bertz CT molecular complexity index is 986. The molecule has 2 aliphatic heterocycles. The summed E-state index contributed by atoms with van der Waals surface area (Å²) in [4.78, 5) is 37.5. The first kappa shape index (κ1) is 17.8. The van der Waals surface area contributed by atoms with Crippen molar-refractivity contribution in [3.63, 3.8) is 0 Å². The lowest BCUT2D eigenvalue weighted by Gasteiger charge is -2.35. The molecule has 5 rings (SSSR count). The first-order valence-corrected chi connectivity index (χ1v) is 9.38. The summed E-state index contributed by atoms with van der Waals surface area (Å²) < 4.78 is 26.2. The number of hydrogen-bond donors (Lipinski definition) is 2.